The molecule has 2 N–H and O–H groups in total. The first-order chi connectivity index (χ1) is 13.9. The van der Waals surface area contributed by atoms with Crippen LogP contribution < -0.4 is 10.6 Å². The molecule has 2 aliphatic heterocycles. The van der Waals surface area contributed by atoms with Gasteiger partial charge in [0.2, 0.25) is 5.91 Å². The minimum atomic E-state index is -0.626. The van der Waals surface area contributed by atoms with Gasteiger partial charge in [-0.3, -0.25) is 4.79 Å². The van der Waals surface area contributed by atoms with E-state index in [1.807, 2.05) is 16.7 Å². The Labute approximate surface area is 199 Å². The molecule has 1 aromatic heterocycles. The number of nitrogens with two attached hydrogens (primary N) is 1. The van der Waals surface area contributed by atoms with Gasteiger partial charge >= 0.3 is 0 Å². The fourth-order valence-electron chi connectivity index (χ4n) is 4.14. The highest BCUT2D eigenvalue weighted by atomic mass is 35.5. The number of aromatic nitrogens is 2. The van der Waals surface area contributed by atoms with E-state index < -0.39 is 6.04 Å². The fraction of sp³-hybridized carbons (Fsp3) is 0.476. The largest absolute Gasteiger partial charge is 0.350 e. The summed E-state index contributed by atoms with van der Waals surface area (Å²) in [5, 5.41) is 0.386. The van der Waals surface area contributed by atoms with Gasteiger partial charge in [0.05, 0.1) is 11.7 Å². The fourth-order valence-corrected chi connectivity index (χ4v) is 5.18. The first-order valence-electron chi connectivity index (χ1n) is 9.95. The molecule has 170 valence electrons. The van der Waals surface area contributed by atoms with Gasteiger partial charge < -0.3 is 15.5 Å². The predicted molar refractivity (Wildman–Crippen MR) is 128 cm³/mol. The summed E-state index contributed by atoms with van der Waals surface area (Å²) in [5.74, 6) is 1.58. The van der Waals surface area contributed by atoms with Crippen molar-refractivity contribution in [1.29, 1.82) is 0 Å². The average molecular weight is 488 g/mol. The van der Waals surface area contributed by atoms with Gasteiger partial charge in [-0.05, 0) is 38.0 Å². The molecule has 2 aromatic rings. The Bertz CT molecular complexity index is 904. The van der Waals surface area contributed by atoms with Gasteiger partial charge in [0.25, 0.3) is 0 Å². The Balaban J connectivity index is 0.00000171. The Hall–Kier alpha value is -1.61. The molecular formula is C21H28Cl2FN5OS. The summed E-state index contributed by atoms with van der Waals surface area (Å²) in [6.07, 6.45) is 2.05. The highest BCUT2D eigenvalue weighted by Gasteiger charge is 2.34. The van der Waals surface area contributed by atoms with Crippen LogP contribution >= 0.6 is 36.6 Å². The summed E-state index contributed by atoms with van der Waals surface area (Å²) in [4.78, 5) is 26.0. The zero-order valence-corrected chi connectivity index (χ0v) is 20.0. The molecule has 0 spiro atoms. The number of carbonyl (C=O) groups is 1. The molecule has 0 bridgehead atoms. The molecule has 1 aromatic carbocycles. The van der Waals surface area contributed by atoms with Crippen LogP contribution in [0.5, 0.6) is 0 Å². The van der Waals surface area contributed by atoms with Crippen molar-refractivity contribution < 1.29 is 9.18 Å². The van der Waals surface area contributed by atoms with Crippen LogP contribution in [0, 0.1) is 5.82 Å². The molecule has 0 aliphatic carbocycles. The molecule has 3 heterocycles. The number of nitrogens with zero attached hydrogens (tertiary/aromatic N) is 4. The zero-order chi connectivity index (χ0) is 20.5. The zero-order valence-electron chi connectivity index (χ0n) is 17.5. The van der Waals surface area contributed by atoms with E-state index in [0.29, 0.717) is 24.8 Å². The lowest BCUT2D eigenvalue weighted by atomic mass is 10.0. The molecule has 10 heteroatoms. The van der Waals surface area contributed by atoms with E-state index in [4.69, 9.17) is 5.73 Å². The third-order valence-electron chi connectivity index (χ3n) is 5.72. The van der Waals surface area contributed by atoms with E-state index in [2.05, 4.69) is 28.7 Å². The standard InChI is InChI=1S/C21H26FN5OS.2ClH/c1-13-10-26(21(28)17(23)9-15-3-5-16(22)6-4-15)7-8-27(13)20-19-14(2)29-11-18(19)24-12-25-20;;/h3-6,12-14,17H,7-11,23H2,1-2H3;2*1H. The van der Waals surface area contributed by atoms with Crippen LogP contribution in [0.2, 0.25) is 0 Å². The molecule has 31 heavy (non-hydrogen) atoms. The third kappa shape index (κ3) is 5.42. The maximum atomic E-state index is 13.1. The smallest absolute Gasteiger partial charge is 0.239 e. The van der Waals surface area contributed by atoms with E-state index in [1.54, 1.807) is 18.5 Å². The Kier molecular flexibility index (Phi) is 8.94. The number of halogens is 3. The first kappa shape index (κ1) is 25.6. The normalized spacial score (nSPS) is 21.0. The second-order valence-corrected chi connectivity index (χ2v) is 9.10. The minimum absolute atomic E-state index is 0. The summed E-state index contributed by atoms with van der Waals surface area (Å²) in [6, 6.07) is 5.66. The van der Waals surface area contributed by atoms with Crippen molar-refractivity contribution in [3.63, 3.8) is 0 Å². The molecule has 1 amide bonds. The third-order valence-corrected chi connectivity index (χ3v) is 6.90. The number of benzene rings is 1. The molecule has 2 aliphatic rings. The lowest BCUT2D eigenvalue weighted by molar-refractivity contribution is -0.133. The van der Waals surface area contributed by atoms with E-state index in [9.17, 15) is 9.18 Å². The quantitative estimate of drug-likeness (QED) is 0.712. The molecule has 3 atom stereocenters. The maximum Gasteiger partial charge on any atom is 0.239 e. The van der Waals surface area contributed by atoms with Crippen molar-refractivity contribution in [3.05, 3.63) is 53.2 Å². The molecule has 6 nitrogen and oxygen atoms in total. The van der Waals surface area contributed by atoms with Crippen LogP contribution in [-0.2, 0) is 17.0 Å². The van der Waals surface area contributed by atoms with Crippen LogP contribution in [0.25, 0.3) is 0 Å². The maximum absolute atomic E-state index is 13.1. The summed E-state index contributed by atoms with van der Waals surface area (Å²) in [5.41, 5.74) is 9.40. The van der Waals surface area contributed by atoms with Crippen molar-refractivity contribution in [2.45, 2.75) is 43.4 Å². The van der Waals surface area contributed by atoms with E-state index >= 15 is 0 Å². The van der Waals surface area contributed by atoms with Gasteiger partial charge in [-0.15, -0.1) is 36.6 Å². The van der Waals surface area contributed by atoms with Crippen LogP contribution in [0.15, 0.2) is 30.6 Å². The van der Waals surface area contributed by atoms with Gasteiger partial charge in [0.1, 0.15) is 18.0 Å². The number of hydrogen-bond donors (Lipinski definition) is 1. The van der Waals surface area contributed by atoms with Gasteiger partial charge in [0.15, 0.2) is 0 Å². The highest BCUT2D eigenvalue weighted by Crippen LogP contribution is 2.44. The average Bonchev–Trinajstić information content (AvgIpc) is 3.10. The molecule has 3 unspecified atom stereocenters. The van der Waals surface area contributed by atoms with Crippen molar-refractivity contribution >= 4 is 48.3 Å². The Morgan fingerprint density at radius 1 is 1.23 bits per heavy atom. The number of piperazine rings is 1. The summed E-state index contributed by atoms with van der Waals surface area (Å²) >= 11 is 1.88. The van der Waals surface area contributed by atoms with Crippen LogP contribution in [-0.4, -0.2) is 52.5 Å². The molecule has 4 rings (SSSR count). The topological polar surface area (TPSA) is 75.4 Å². The van der Waals surface area contributed by atoms with Crippen molar-refractivity contribution in [1.82, 2.24) is 14.9 Å². The Morgan fingerprint density at radius 3 is 2.61 bits per heavy atom. The van der Waals surface area contributed by atoms with E-state index in [0.717, 1.165) is 29.4 Å². The van der Waals surface area contributed by atoms with Gasteiger partial charge in [-0.25, -0.2) is 14.4 Å². The van der Waals surface area contributed by atoms with Gasteiger partial charge in [-0.2, -0.15) is 0 Å². The van der Waals surface area contributed by atoms with E-state index in [1.165, 1.54) is 17.7 Å². The monoisotopic (exact) mass is 487 g/mol. The van der Waals surface area contributed by atoms with Crippen molar-refractivity contribution in [2.75, 3.05) is 24.5 Å². The lowest BCUT2D eigenvalue weighted by Crippen LogP contribution is -2.57. The summed E-state index contributed by atoms with van der Waals surface area (Å²) in [7, 11) is 0. The number of anilines is 1. The highest BCUT2D eigenvalue weighted by molar-refractivity contribution is 7.99. The first-order valence-corrected chi connectivity index (χ1v) is 11.0. The minimum Gasteiger partial charge on any atom is -0.350 e. The SMILES string of the molecule is CC1SCc2ncnc(N3CCN(C(=O)C(N)Cc4ccc(F)cc4)CC3C)c21.Cl.Cl. The van der Waals surface area contributed by atoms with Crippen LogP contribution in [0.4, 0.5) is 10.2 Å². The second-order valence-electron chi connectivity index (χ2n) is 7.77. The number of carbonyl (C=O) groups excluding carboxylic acids is 1. The summed E-state index contributed by atoms with van der Waals surface area (Å²) in [6.45, 7) is 6.25. The lowest BCUT2D eigenvalue weighted by Gasteiger charge is -2.42. The molecular weight excluding hydrogens is 460 g/mol. The number of hydrogen-bond acceptors (Lipinski definition) is 6. The summed E-state index contributed by atoms with van der Waals surface area (Å²) < 4.78 is 13.1. The molecule has 1 saturated heterocycles. The number of thioether (sulfide) groups is 1. The molecule has 0 saturated carbocycles. The number of amides is 1. The molecule has 0 radical (unpaired) electrons. The number of rotatable bonds is 4. The van der Waals surface area contributed by atoms with Crippen LogP contribution in [0.1, 0.15) is 35.9 Å². The predicted octanol–water partition coefficient (Wildman–Crippen LogP) is 3.37. The molecule has 1 fully saturated rings. The van der Waals surface area contributed by atoms with Crippen LogP contribution in [0.3, 0.4) is 0 Å². The van der Waals surface area contributed by atoms with Gasteiger partial charge in [-0.1, -0.05) is 12.1 Å². The van der Waals surface area contributed by atoms with Crippen molar-refractivity contribution in [2.24, 2.45) is 5.73 Å². The van der Waals surface area contributed by atoms with Gasteiger partial charge in [0, 0.05) is 42.2 Å². The second kappa shape index (κ2) is 10.8. The number of fused-ring (bicyclic) bond motifs is 1. The van der Waals surface area contributed by atoms with E-state index in [-0.39, 0.29) is 42.6 Å². The Morgan fingerprint density at radius 2 is 1.94 bits per heavy atom. The van der Waals surface area contributed by atoms with Crippen molar-refractivity contribution in [3.8, 4) is 0 Å².